The van der Waals surface area contributed by atoms with Crippen LogP contribution in [0.5, 0.6) is 11.5 Å². The van der Waals surface area contributed by atoms with Crippen LogP contribution in [-0.2, 0) is 30.7 Å². The van der Waals surface area contributed by atoms with Crippen LogP contribution in [0, 0.1) is 0 Å². The number of anilines is 1. The minimum absolute atomic E-state index is 0.0577. The van der Waals surface area contributed by atoms with E-state index in [2.05, 4.69) is 5.10 Å². The molecule has 1 aromatic heterocycles. The molecule has 0 fully saturated rings. The van der Waals surface area contributed by atoms with E-state index in [1.165, 1.54) is 4.68 Å². The predicted octanol–water partition coefficient (Wildman–Crippen LogP) is 1.38. The first-order valence-electron chi connectivity index (χ1n) is 9.34. The number of methoxy groups -OCH3 is 2. The number of carbonyl (C=O) groups excluding carboxylic acids is 1. The number of rotatable bonds is 4. The maximum absolute atomic E-state index is 13.0. The van der Waals surface area contributed by atoms with E-state index in [0.717, 1.165) is 54.9 Å². The Morgan fingerprint density at radius 3 is 2.70 bits per heavy atom. The third kappa shape index (κ3) is 3.09. The molecule has 8 nitrogen and oxygen atoms in total. The largest absolute Gasteiger partial charge is 0.497 e. The summed E-state index contributed by atoms with van der Waals surface area (Å²) in [4.78, 5) is 27.3. The second kappa shape index (κ2) is 7.09. The van der Waals surface area contributed by atoms with Crippen molar-refractivity contribution in [3.63, 3.8) is 0 Å². The molecule has 1 amide bonds. The van der Waals surface area contributed by atoms with E-state index in [4.69, 9.17) is 9.47 Å². The summed E-state index contributed by atoms with van der Waals surface area (Å²) < 4.78 is 13.8. The van der Waals surface area contributed by atoms with Crippen LogP contribution in [0.25, 0.3) is 0 Å². The standard InChI is InChI=1S/C19H24N4O4/c1-26-13-10-15-14(16(11-13)27-2)6-5-9-21(15)18(24)12-23-19(25)22-8-4-3-7-17(22)20-23/h10-11H,3-9,12H2,1-2H3. The van der Waals surface area contributed by atoms with Crippen LogP contribution in [-0.4, -0.2) is 41.0 Å². The van der Waals surface area contributed by atoms with E-state index in [9.17, 15) is 9.59 Å². The fourth-order valence-corrected chi connectivity index (χ4v) is 3.96. The van der Waals surface area contributed by atoms with Gasteiger partial charge in [0.1, 0.15) is 23.9 Å². The lowest BCUT2D eigenvalue weighted by atomic mass is 10.00. The van der Waals surface area contributed by atoms with Crippen molar-refractivity contribution in [3.05, 3.63) is 34.0 Å². The Balaban J connectivity index is 1.65. The highest BCUT2D eigenvalue weighted by atomic mass is 16.5. The first-order chi connectivity index (χ1) is 13.1. The zero-order valence-corrected chi connectivity index (χ0v) is 15.7. The first-order valence-corrected chi connectivity index (χ1v) is 9.34. The fraction of sp³-hybridized carbons (Fsp3) is 0.526. The van der Waals surface area contributed by atoms with Crippen LogP contribution in [0.15, 0.2) is 16.9 Å². The van der Waals surface area contributed by atoms with Crippen molar-refractivity contribution >= 4 is 11.6 Å². The Labute approximate surface area is 157 Å². The lowest BCUT2D eigenvalue weighted by Gasteiger charge is -2.30. The monoisotopic (exact) mass is 372 g/mol. The lowest BCUT2D eigenvalue weighted by molar-refractivity contribution is -0.119. The highest BCUT2D eigenvalue weighted by Gasteiger charge is 2.27. The van der Waals surface area contributed by atoms with Gasteiger partial charge in [-0.25, -0.2) is 9.48 Å². The first kappa shape index (κ1) is 17.6. The van der Waals surface area contributed by atoms with Gasteiger partial charge in [0, 0.05) is 37.2 Å². The quantitative estimate of drug-likeness (QED) is 0.810. The van der Waals surface area contributed by atoms with E-state index < -0.39 is 0 Å². The van der Waals surface area contributed by atoms with Gasteiger partial charge in [-0.15, -0.1) is 0 Å². The Bertz CT molecular complexity index is 931. The molecule has 8 heteroatoms. The van der Waals surface area contributed by atoms with Crippen molar-refractivity contribution in [2.24, 2.45) is 0 Å². The third-order valence-corrected chi connectivity index (χ3v) is 5.33. The Morgan fingerprint density at radius 2 is 1.96 bits per heavy atom. The van der Waals surface area contributed by atoms with Crippen molar-refractivity contribution in [1.29, 1.82) is 0 Å². The number of ether oxygens (including phenoxy) is 2. The predicted molar refractivity (Wildman–Crippen MR) is 99.6 cm³/mol. The second-order valence-electron chi connectivity index (χ2n) is 6.94. The minimum atomic E-state index is -0.196. The molecule has 2 aliphatic rings. The Hall–Kier alpha value is -2.77. The smallest absolute Gasteiger partial charge is 0.346 e. The van der Waals surface area contributed by atoms with Crippen LogP contribution in [0.4, 0.5) is 5.69 Å². The van der Waals surface area contributed by atoms with E-state index in [1.807, 2.05) is 12.1 Å². The SMILES string of the molecule is COc1cc(OC)c2c(c1)N(C(=O)Cn1nc3n(c1=O)CCCC3)CCC2. The molecule has 4 rings (SSSR count). The summed E-state index contributed by atoms with van der Waals surface area (Å²) in [5.74, 6) is 1.99. The minimum Gasteiger partial charge on any atom is -0.497 e. The van der Waals surface area contributed by atoms with Gasteiger partial charge in [0.05, 0.1) is 19.9 Å². The van der Waals surface area contributed by atoms with Crippen LogP contribution < -0.4 is 20.1 Å². The van der Waals surface area contributed by atoms with Gasteiger partial charge in [0.2, 0.25) is 5.91 Å². The lowest BCUT2D eigenvalue weighted by Crippen LogP contribution is -2.40. The number of hydrogen-bond acceptors (Lipinski definition) is 5. The van der Waals surface area contributed by atoms with Crippen molar-refractivity contribution in [2.75, 3.05) is 25.7 Å². The summed E-state index contributed by atoms with van der Waals surface area (Å²) in [6.45, 7) is 1.23. The van der Waals surface area contributed by atoms with Gasteiger partial charge in [-0.05, 0) is 25.7 Å². The molecule has 0 saturated heterocycles. The van der Waals surface area contributed by atoms with E-state index in [1.54, 1.807) is 23.7 Å². The van der Waals surface area contributed by atoms with Gasteiger partial charge >= 0.3 is 5.69 Å². The zero-order chi connectivity index (χ0) is 19.0. The number of aromatic nitrogens is 3. The normalized spacial score (nSPS) is 15.9. The molecule has 0 aliphatic carbocycles. The number of hydrogen-bond donors (Lipinski definition) is 0. The highest BCUT2D eigenvalue weighted by Crippen LogP contribution is 2.38. The maximum atomic E-state index is 13.0. The van der Waals surface area contributed by atoms with E-state index in [-0.39, 0.29) is 18.1 Å². The molecule has 2 aromatic rings. The molecule has 0 radical (unpaired) electrons. The Kier molecular flexibility index (Phi) is 4.63. The van der Waals surface area contributed by atoms with Gasteiger partial charge < -0.3 is 14.4 Å². The molecule has 0 atom stereocenters. The number of aryl methyl sites for hydroxylation is 1. The summed E-state index contributed by atoms with van der Waals surface area (Å²) in [5.41, 5.74) is 1.59. The van der Waals surface area contributed by atoms with Gasteiger partial charge in [0.25, 0.3) is 0 Å². The molecule has 1 aromatic carbocycles. The van der Waals surface area contributed by atoms with Crippen LogP contribution in [0.2, 0.25) is 0 Å². The maximum Gasteiger partial charge on any atom is 0.346 e. The number of carbonyl (C=O) groups is 1. The molecule has 2 aliphatic heterocycles. The molecule has 0 saturated carbocycles. The number of fused-ring (bicyclic) bond motifs is 2. The van der Waals surface area contributed by atoms with Crippen LogP contribution in [0.3, 0.4) is 0 Å². The average Bonchev–Trinajstić information content (AvgIpc) is 3.02. The van der Waals surface area contributed by atoms with Gasteiger partial charge in [-0.2, -0.15) is 5.10 Å². The molecule has 0 spiro atoms. The molecule has 0 bridgehead atoms. The summed E-state index contributed by atoms with van der Waals surface area (Å²) in [5, 5.41) is 4.38. The molecule has 0 unspecified atom stereocenters. The summed E-state index contributed by atoms with van der Waals surface area (Å²) in [6, 6.07) is 3.69. The molecule has 3 heterocycles. The fourth-order valence-electron chi connectivity index (χ4n) is 3.96. The highest BCUT2D eigenvalue weighted by molar-refractivity contribution is 5.95. The van der Waals surface area contributed by atoms with Gasteiger partial charge in [-0.3, -0.25) is 9.36 Å². The van der Waals surface area contributed by atoms with Crippen molar-refractivity contribution in [1.82, 2.24) is 14.3 Å². The van der Waals surface area contributed by atoms with Crippen molar-refractivity contribution in [2.45, 2.75) is 45.2 Å². The molecular weight excluding hydrogens is 348 g/mol. The van der Waals surface area contributed by atoms with E-state index >= 15 is 0 Å². The molecule has 144 valence electrons. The molecular formula is C19H24N4O4. The molecule has 0 N–H and O–H groups in total. The third-order valence-electron chi connectivity index (χ3n) is 5.33. The van der Waals surface area contributed by atoms with Crippen LogP contribution >= 0.6 is 0 Å². The summed E-state index contributed by atoms with van der Waals surface area (Å²) >= 11 is 0. The number of amides is 1. The number of benzene rings is 1. The summed E-state index contributed by atoms with van der Waals surface area (Å²) in [7, 11) is 3.20. The number of nitrogens with zero attached hydrogens (tertiary/aromatic N) is 4. The summed E-state index contributed by atoms with van der Waals surface area (Å²) in [6.07, 6.45) is 4.48. The van der Waals surface area contributed by atoms with Crippen LogP contribution in [0.1, 0.15) is 30.7 Å². The van der Waals surface area contributed by atoms with Gasteiger partial charge in [0.15, 0.2) is 0 Å². The van der Waals surface area contributed by atoms with Gasteiger partial charge in [-0.1, -0.05) is 0 Å². The van der Waals surface area contributed by atoms with E-state index in [0.29, 0.717) is 18.8 Å². The Morgan fingerprint density at radius 1 is 1.11 bits per heavy atom. The van der Waals surface area contributed by atoms with Crippen molar-refractivity contribution in [3.8, 4) is 11.5 Å². The zero-order valence-electron chi connectivity index (χ0n) is 15.7. The second-order valence-corrected chi connectivity index (χ2v) is 6.94. The molecule has 27 heavy (non-hydrogen) atoms. The average molecular weight is 372 g/mol. The van der Waals surface area contributed by atoms with Crippen molar-refractivity contribution < 1.29 is 14.3 Å². The topological polar surface area (TPSA) is 78.6 Å².